The molecule has 2 aromatic rings. The van der Waals surface area contributed by atoms with Gasteiger partial charge in [-0.3, -0.25) is 0 Å². The van der Waals surface area contributed by atoms with Crippen molar-refractivity contribution in [1.29, 1.82) is 0 Å². The first-order valence-electron chi connectivity index (χ1n) is 7.89. The van der Waals surface area contributed by atoms with Crippen LogP contribution in [0.25, 0.3) is 0 Å². The van der Waals surface area contributed by atoms with Crippen molar-refractivity contribution in [3.63, 3.8) is 0 Å². The Kier molecular flexibility index (Phi) is 10.1. The Morgan fingerprint density at radius 3 is 2.72 bits per heavy atom. The first-order valence-corrected chi connectivity index (χ1v) is 7.89. The second-order valence-corrected chi connectivity index (χ2v) is 5.03. The first-order chi connectivity index (χ1) is 11.8. The minimum absolute atomic E-state index is 0. The van der Waals surface area contributed by atoms with E-state index in [-0.39, 0.29) is 24.0 Å². The molecule has 0 spiro atoms. The average Bonchev–Trinajstić information content (AvgIpc) is 2.63. The highest BCUT2D eigenvalue weighted by Gasteiger charge is 2.01. The molecule has 0 radical (unpaired) electrons. The molecule has 1 aromatic carbocycles. The van der Waals surface area contributed by atoms with Gasteiger partial charge >= 0.3 is 0 Å². The zero-order chi connectivity index (χ0) is 17.0. The number of benzene rings is 1. The summed E-state index contributed by atoms with van der Waals surface area (Å²) in [6, 6.07) is 13.8. The summed E-state index contributed by atoms with van der Waals surface area (Å²) in [5, 5.41) is 6.20. The van der Waals surface area contributed by atoms with Gasteiger partial charge in [0, 0.05) is 18.8 Å². The molecule has 0 fully saturated rings. The number of ether oxygens (including phenoxy) is 1. The number of halogens is 1. The van der Waals surface area contributed by atoms with Crippen LogP contribution in [0, 0.1) is 12.3 Å². The highest BCUT2D eigenvalue weighted by Crippen LogP contribution is 2.12. The van der Waals surface area contributed by atoms with E-state index < -0.39 is 0 Å². The number of hydrogen-bond donors (Lipinski definition) is 2. The highest BCUT2D eigenvalue weighted by atomic mass is 127. The molecule has 2 N–H and O–H groups in total. The van der Waals surface area contributed by atoms with Gasteiger partial charge in [-0.1, -0.05) is 36.3 Å². The van der Waals surface area contributed by atoms with Gasteiger partial charge in [0.1, 0.15) is 6.61 Å². The van der Waals surface area contributed by atoms with E-state index in [1.165, 1.54) is 0 Å². The number of terminal acetylenes is 1. The van der Waals surface area contributed by atoms with E-state index in [0.717, 1.165) is 17.7 Å². The zero-order valence-corrected chi connectivity index (χ0v) is 16.6. The van der Waals surface area contributed by atoms with Crippen molar-refractivity contribution in [2.45, 2.75) is 20.1 Å². The Hall–Kier alpha value is -2.27. The molecule has 5 nitrogen and oxygen atoms in total. The molecular weight excluding hydrogens is 427 g/mol. The Bertz CT molecular complexity index is 698. The Morgan fingerprint density at radius 1 is 1.20 bits per heavy atom. The largest absolute Gasteiger partial charge is 0.473 e. The van der Waals surface area contributed by atoms with Gasteiger partial charge in [0.05, 0.1) is 13.1 Å². The SMILES string of the molecule is C#CCNC(=NCc1ccnc(OCc2ccccc2)c1)NCC.I. The molecule has 0 saturated heterocycles. The summed E-state index contributed by atoms with van der Waals surface area (Å²) in [6.45, 7) is 4.23. The van der Waals surface area contributed by atoms with Crippen LogP contribution in [-0.4, -0.2) is 24.0 Å². The molecule has 1 heterocycles. The lowest BCUT2D eigenvalue weighted by Gasteiger charge is -2.09. The third-order valence-electron chi connectivity index (χ3n) is 3.15. The molecule has 132 valence electrons. The van der Waals surface area contributed by atoms with E-state index in [9.17, 15) is 0 Å². The van der Waals surface area contributed by atoms with Gasteiger partial charge in [-0.2, -0.15) is 0 Å². The van der Waals surface area contributed by atoms with Crippen LogP contribution in [0.3, 0.4) is 0 Å². The van der Waals surface area contributed by atoms with E-state index in [2.05, 4.69) is 26.5 Å². The van der Waals surface area contributed by atoms with E-state index in [0.29, 0.717) is 31.5 Å². The molecule has 2 rings (SSSR count). The van der Waals surface area contributed by atoms with E-state index in [4.69, 9.17) is 11.2 Å². The van der Waals surface area contributed by atoms with Gasteiger partial charge in [-0.05, 0) is 24.1 Å². The fourth-order valence-corrected chi connectivity index (χ4v) is 2.01. The van der Waals surface area contributed by atoms with Gasteiger partial charge in [0.2, 0.25) is 5.88 Å². The van der Waals surface area contributed by atoms with Crippen LogP contribution in [0.1, 0.15) is 18.1 Å². The van der Waals surface area contributed by atoms with Gasteiger partial charge < -0.3 is 15.4 Å². The molecule has 0 aliphatic carbocycles. The smallest absolute Gasteiger partial charge is 0.213 e. The van der Waals surface area contributed by atoms with Gasteiger partial charge in [-0.15, -0.1) is 30.4 Å². The summed E-state index contributed by atoms with van der Waals surface area (Å²) in [6.07, 6.45) is 6.99. The number of hydrogen-bond acceptors (Lipinski definition) is 3. The molecule has 0 aliphatic rings. The number of nitrogens with zero attached hydrogens (tertiary/aromatic N) is 2. The van der Waals surface area contributed by atoms with Crippen molar-refractivity contribution < 1.29 is 4.74 Å². The van der Waals surface area contributed by atoms with Crippen LogP contribution in [-0.2, 0) is 13.2 Å². The number of nitrogens with one attached hydrogen (secondary N) is 2. The van der Waals surface area contributed by atoms with Crippen molar-refractivity contribution in [3.8, 4) is 18.2 Å². The van der Waals surface area contributed by atoms with Crippen molar-refractivity contribution in [3.05, 3.63) is 59.8 Å². The maximum atomic E-state index is 5.73. The zero-order valence-electron chi connectivity index (χ0n) is 14.2. The van der Waals surface area contributed by atoms with Crippen molar-refractivity contribution in [1.82, 2.24) is 15.6 Å². The molecule has 0 aliphatic heterocycles. The highest BCUT2D eigenvalue weighted by molar-refractivity contribution is 14.0. The molecule has 6 heteroatoms. The fraction of sp³-hybridized carbons (Fsp3) is 0.263. The van der Waals surface area contributed by atoms with Crippen LogP contribution in [0.5, 0.6) is 5.88 Å². The van der Waals surface area contributed by atoms with E-state index in [1.807, 2.05) is 49.4 Å². The molecule has 0 unspecified atom stereocenters. The van der Waals surface area contributed by atoms with Gasteiger partial charge in [0.25, 0.3) is 0 Å². The lowest BCUT2D eigenvalue weighted by Crippen LogP contribution is -2.37. The Balaban J connectivity index is 0.00000312. The summed E-state index contributed by atoms with van der Waals surface area (Å²) >= 11 is 0. The predicted octanol–water partition coefficient (Wildman–Crippen LogP) is 2.97. The molecule has 25 heavy (non-hydrogen) atoms. The third kappa shape index (κ3) is 7.90. The number of pyridine rings is 1. The topological polar surface area (TPSA) is 58.5 Å². The van der Waals surface area contributed by atoms with Gasteiger partial charge in [0.15, 0.2) is 5.96 Å². The number of rotatable bonds is 7. The van der Waals surface area contributed by atoms with Crippen molar-refractivity contribution in [2.24, 2.45) is 4.99 Å². The standard InChI is InChI=1S/C19H22N4O.HI/c1-3-11-22-19(20-4-2)23-14-17-10-12-21-18(13-17)24-15-16-8-6-5-7-9-16;/h1,5-10,12-13H,4,11,14-15H2,2H3,(H2,20,22,23);1H. The van der Waals surface area contributed by atoms with Crippen LogP contribution >= 0.6 is 24.0 Å². The fourth-order valence-electron chi connectivity index (χ4n) is 2.01. The van der Waals surface area contributed by atoms with Crippen molar-refractivity contribution >= 4 is 29.9 Å². The van der Waals surface area contributed by atoms with Crippen LogP contribution in [0.4, 0.5) is 0 Å². The molecule has 0 bridgehead atoms. The van der Waals surface area contributed by atoms with Crippen LogP contribution in [0.2, 0.25) is 0 Å². The summed E-state index contributed by atoms with van der Waals surface area (Å²) in [4.78, 5) is 8.74. The lowest BCUT2D eigenvalue weighted by atomic mass is 10.2. The average molecular weight is 450 g/mol. The number of aromatic nitrogens is 1. The number of aliphatic imine (C=N–C) groups is 1. The second kappa shape index (κ2) is 12.1. The van der Waals surface area contributed by atoms with Crippen LogP contribution in [0.15, 0.2) is 53.7 Å². The maximum absolute atomic E-state index is 5.73. The summed E-state index contributed by atoms with van der Waals surface area (Å²) in [7, 11) is 0. The van der Waals surface area contributed by atoms with Crippen LogP contribution < -0.4 is 15.4 Å². The summed E-state index contributed by atoms with van der Waals surface area (Å²) in [5.41, 5.74) is 2.13. The quantitative estimate of drug-likeness (QED) is 0.295. The van der Waals surface area contributed by atoms with Gasteiger partial charge in [-0.25, -0.2) is 9.98 Å². The number of guanidine groups is 1. The summed E-state index contributed by atoms with van der Waals surface area (Å²) < 4.78 is 5.73. The molecular formula is C19H23IN4O. The molecule has 0 amide bonds. The molecule has 0 atom stereocenters. The Morgan fingerprint density at radius 2 is 2.00 bits per heavy atom. The van der Waals surface area contributed by atoms with E-state index >= 15 is 0 Å². The minimum Gasteiger partial charge on any atom is -0.473 e. The normalized spacial score (nSPS) is 10.3. The Labute approximate surface area is 166 Å². The van der Waals surface area contributed by atoms with Crippen molar-refractivity contribution in [2.75, 3.05) is 13.1 Å². The van der Waals surface area contributed by atoms with E-state index in [1.54, 1.807) is 6.20 Å². The predicted molar refractivity (Wildman–Crippen MR) is 112 cm³/mol. The molecule has 1 aromatic heterocycles. The molecule has 0 saturated carbocycles. The second-order valence-electron chi connectivity index (χ2n) is 5.03. The minimum atomic E-state index is 0. The first kappa shape index (κ1) is 20.8. The third-order valence-corrected chi connectivity index (χ3v) is 3.15. The maximum Gasteiger partial charge on any atom is 0.213 e. The monoisotopic (exact) mass is 450 g/mol. The lowest BCUT2D eigenvalue weighted by molar-refractivity contribution is 0.293. The summed E-state index contributed by atoms with van der Waals surface area (Å²) in [5.74, 6) is 3.82.